The third kappa shape index (κ3) is 3.94. The summed E-state index contributed by atoms with van der Waals surface area (Å²) in [4.78, 5) is 4.41. The van der Waals surface area contributed by atoms with Gasteiger partial charge in [0.05, 0.1) is 29.6 Å². The monoisotopic (exact) mass is 343 g/mol. The van der Waals surface area contributed by atoms with Gasteiger partial charge in [-0.15, -0.1) is 0 Å². The molecule has 1 aromatic carbocycles. The van der Waals surface area contributed by atoms with Gasteiger partial charge in [0.15, 0.2) is 0 Å². The molecule has 6 nitrogen and oxygen atoms in total. The number of hydrogen-bond donors (Lipinski definition) is 2. The van der Waals surface area contributed by atoms with Crippen molar-refractivity contribution in [2.45, 2.75) is 18.4 Å². The Morgan fingerprint density at radius 2 is 1.88 bits per heavy atom. The maximum absolute atomic E-state index is 12.3. The average molecular weight is 343 g/mol. The van der Waals surface area contributed by atoms with E-state index in [9.17, 15) is 8.42 Å². The minimum absolute atomic E-state index is 0.216. The van der Waals surface area contributed by atoms with Crippen molar-refractivity contribution in [1.82, 2.24) is 4.98 Å². The smallest absolute Gasteiger partial charge is 0.261 e. The highest BCUT2D eigenvalue weighted by Crippen LogP contribution is 2.17. The van der Waals surface area contributed by atoms with E-state index in [0.29, 0.717) is 18.1 Å². The number of benzene rings is 1. The minimum atomic E-state index is -3.62. The normalized spacial score (nSPS) is 11.2. The summed E-state index contributed by atoms with van der Waals surface area (Å²) in [5.41, 5.74) is 1.40. The van der Waals surface area contributed by atoms with Gasteiger partial charge in [0, 0.05) is 0 Å². The van der Waals surface area contributed by atoms with Crippen molar-refractivity contribution < 1.29 is 12.8 Å². The Bertz CT molecular complexity index is 887. The largest absolute Gasteiger partial charge is 0.467 e. The topological polar surface area (TPSA) is 84.2 Å². The second-order valence-corrected chi connectivity index (χ2v) is 6.97. The van der Waals surface area contributed by atoms with Crippen LogP contribution in [-0.2, 0) is 16.6 Å². The number of sulfonamides is 1. The first-order chi connectivity index (χ1) is 11.5. The van der Waals surface area contributed by atoms with E-state index in [2.05, 4.69) is 15.0 Å². The number of nitrogens with zero attached hydrogens (tertiary/aromatic N) is 1. The van der Waals surface area contributed by atoms with Gasteiger partial charge in [0.25, 0.3) is 10.0 Å². The van der Waals surface area contributed by atoms with Crippen LogP contribution in [0, 0.1) is 6.92 Å². The molecule has 3 aromatic rings. The molecule has 0 aliphatic heterocycles. The quantitative estimate of drug-likeness (QED) is 0.716. The van der Waals surface area contributed by atoms with Gasteiger partial charge < -0.3 is 9.73 Å². The summed E-state index contributed by atoms with van der Waals surface area (Å²) in [5, 5.41) is 3.09. The molecule has 0 aliphatic carbocycles. The van der Waals surface area contributed by atoms with Gasteiger partial charge >= 0.3 is 0 Å². The summed E-state index contributed by atoms with van der Waals surface area (Å²) < 4.78 is 32.4. The Kier molecular flexibility index (Phi) is 4.52. The highest BCUT2D eigenvalue weighted by atomic mass is 32.2. The molecule has 0 unspecified atom stereocenters. The van der Waals surface area contributed by atoms with Crippen molar-refractivity contribution in [1.29, 1.82) is 0 Å². The zero-order valence-corrected chi connectivity index (χ0v) is 13.9. The molecule has 0 saturated heterocycles. The first-order valence-electron chi connectivity index (χ1n) is 7.35. The van der Waals surface area contributed by atoms with Gasteiger partial charge in [-0.3, -0.25) is 4.72 Å². The van der Waals surface area contributed by atoms with Crippen LogP contribution < -0.4 is 10.0 Å². The Morgan fingerprint density at radius 1 is 1.08 bits per heavy atom. The fourth-order valence-electron chi connectivity index (χ4n) is 2.08. The molecule has 2 N–H and O–H groups in total. The molecule has 124 valence electrons. The molecule has 2 aromatic heterocycles. The van der Waals surface area contributed by atoms with Crippen LogP contribution in [0.15, 0.2) is 70.3 Å². The lowest BCUT2D eigenvalue weighted by Gasteiger charge is -2.09. The third-order valence-electron chi connectivity index (χ3n) is 3.37. The number of furan rings is 1. The summed E-state index contributed by atoms with van der Waals surface area (Å²) in [7, 11) is -3.62. The first kappa shape index (κ1) is 16.1. The van der Waals surface area contributed by atoms with Gasteiger partial charge in [-0.25, -0.2) is 13.4 Å². The lowest BCUT2D eigenvalue weighted by Crippen LogP contribution is -2.13. The van der Waals surface area contributed by atoms with E-state index in [1.807, 2.05) is 19.1 Å². The van der Waals surface area contributed by atoms with Crippen LogP contribution in [0.3, 0.4) is 0 Å². The van der Waals surface area contributed by atoms with Crippen molar-refractivity contribution >= 4 is 21.5 Å². The standard InChI is InChI=1S/C17H17N3O3S/c1-13-4-7-16(8-5-13)24(21,22)20-14-6-9-17(18-11-14)19-12-15-3-2-10-23-15/h2-11,20H,12H2,1H3,(H,18,19). The molecular formula is C17H17N3O3S. The zero-order chi connectivity index (χ0) is 17.0. The molecule has 24 heavy (non-hydrogen) atoms. The van der Waals surface area contributed by atoms with Crippen molar-refractivity contribution in [3.8, 4) is 0 Å². The summed E-state index contributed by atoms with van der Waals surface area (Å²) in [6.07, 6.45) is 3.07. The molecule has 0 atom stereocenters. The molecule has 0 amide bonds. The maximum atomic E-state index is 12.3. The van der Waals surface area contributed by atoms with E-state index in [1.54, 1.807) is 42.7 Å². The van der Waals surface area contributed by atoms with Crippen LogP contribution in [0.2, 0.25) is 0 Å². The number of aryl methyl sites for hydroxylation is 1. The molecule has 2 heterocycles. The van der Waals surface area contributed by atoms with Crippen LogP contribution in [0.5, 0.6) is 0 Å². The first-order valence-corrected chi connectivity index (χ1v) is 8.83. The second-order valence-electron chi connectivity index (χ2n) is 5.28. The third-order valence-corrected chi connectivity index (χ3v) is 4.77. The number of hydrogen-bond acceptors (Lipinski definition) is 5. The number of aromatic nitrogens is 1. The molecule has 0 saturated carbocycles. The predicted octanol–water partition coefficient (Wildman–Crippen LogP) is 3.40. The van der Waals surface area contributed by atoms with Crippen LogP contribution in [0.25, 0.3) is 0 Å². The Morgan fingerprint density at radius 3 is 2.50 bits per heavy atom. The number of rotatable bonds is 6. The molecule has 0 aliphatic rings. The fraction of sp³-hybridized carbons (Fsp3) is 0.118. The summed E-state index contributed by atoms with van der Waals surface area (Å²) >= 11 is 0. The molecule has 0 fully saturated rings. The maximum Gasteiger partial charge on any atom is 0.261 e. The Labute approximate surface area is 140 Å². The van der Waals surface area contributed by atoms with E-state index in [-0.39, 0.29) is 4.90 Å². The molecule has 0 radical (unpaired) electrons. The number of pyridine rings is 1. The Hall–Kier alpha value is -2.80. The highest BCUT2D eigenvalue weighted by molar-refractivity contribution is 7.92. The second kappa shape index (κ2) is 6.76. The molecule has 0 bridgehead atoms. The van der Waals surface area contributed by atoms with Gasteiger partial charge in [-0.1, -0.05) is 17.7 Å². The van der Waals surface area contributed by atoms with Crippen LogP contribution >= 0.6 is 0 Å². The number of nitrogens with one attached hydrogen (secondary N) is 2. The summed E-state index contributed by atoms with van der Waals surface area (Å²) in [6, 6.07) is 13.7. The van der Waals surface area contributed by atoms with Crippen LogP contribution in [-0.4, -0.2) is 13.4 Å². The van der Waals surface area contributed by atoms with E-state index in [1.165, 1.54) is 6.20 Å². The molecule has 7 heteroatoms. The highest BCUT2D eigenvalue weighted by Gasteiger charge is 2.13. The van der Waals surface area contributed by atoms with E-state index >= 15 is 0 Å². The predicted molar refractivity (Wildman–Crippen MR) is 92.3 cm³/mol. The SMILES string of the molecule is Cc1ccc(S(=O)(=O)Nc2ccc(NCc3ccco3)nc2)cc1. The van der Waals surface area contributed by atoms with E-state index in [4.69, 9.17) is 4.42 Å². The van der Waals surface area contributed by atoms with E-state index < -0.39 is 10.0 Å². The summed E-state index contributed by atoms with van der Waals surface area (Å²) in [6.45, 7) is 2.41. The lowest BCUT2D eigenvalue weighted by atomic mass is 10.2. The molecular weight excluding hydrogens is 326 g/mol. The minimum Gasteiger partial charge on any atom is -0.467 e. The van der Waals surface area contributed by atoms with Crippen molar-refractivity contribution in [3.05, 3.63) is 72.3 Å². The van der Waals surface area contributed by atoms with Crippen molar-refractivity contribution in [3.63, 3.8) is 0 Å². The van der Waals surface area contributed by atoms with Gasteiger partial charge in [-0.2, -0.15) is 0 Å². The van der Waals surface area contributed by atoms with E-state index in [0.717, 1.165) is 11.3 Å². The van der Waals surface area contributed by atoms with Gasteiger partial charge in [0.1, 0.15) is 11.6 Å². The van der Waals surface area contributed by atoms with Crippen LogP contribution in [0.1, 0.15) is 11.3 Å². The molecule has 0 spiro atoms. The Balaban J connectivity index is 1.66. The van der Waals surface area contributed by atoms with Crippen molar-refractivity contribution in [2.24, 2.45) is 0 Å². The fourth-order valence-corrected chi connectivity index (χ4v) is 3.12. The average Bonchev–Trinajstić information content (AvgIpc) is 3.08. The zero-order valence-electron chi connectivity index (χ0n) is 13.1. The number of anilines is 2. The van der Waals surface area contributed by atoms with Crippen molar-refractivity contribution in [2.75, 3.05) is 10.0 Å². The lowest BCUT2D eigenvalue weighted by molar-refractivity contribution is 0.518. The van der Waals surface area contributed by atoms with Crippen LogP contribution in [0.4, 0.5) is 11.5 Å². The van der Waals surface area contributed by atoms with Gasteiger partial charge in [-0.05, 0) is 43.3 Å². The van der Waals surface area contributed by atoms with Gasteiger partial charge in [0.2, 0.25) is 0 Å². The molecule has 3 rings (SSSR count). The summed E-state index contributed by atoms with van der Waals surface area (Å²) in [5.74, 6) is 1.42.